The normalized spacial score (nSPS) is 11.9. The molecule has 136 valence electrons. The monoisotopic (exact) mass is 373 g/mol. The molecule has 0 aliphatic carbocycles. The first-order valence-electron chi connectivity index (χ1n) is 8.27. The van der Waals surface area contributed by atoms with Crippen molar-refractivity contribution in [2.45, 2.75) is 56.5 Å². The summed E-state index contributed by atoms with van der Waals surface area (Å²) in [5.41, 5.74) is 0. The van der Waals surface area contributed by atoms with E-state index in [1.54, 1.807) is 26.0 Å². The van der Waals surface area contributed by atoms with Crippen molar-refractivity contribution >= 4 is 27.7 Å². The Balaban J connectivity index is 2.67. The number of hydrogen-bond acceptors (Lipinski definition) is 5. The number of thioether (sulfide) groups is 1. The second kappa shape index (κ2) is 10.0. The second-order valence-corrected chi connectivity index (χ2v) is 8.22. The van der Waals surface area contributed by atoms with Gasteiger partial charge in [0.05, 0.1) is 10.8 Å². The summed E-state index contributed by atoms with van der Waals surface area (Å²) in [5, 5.41) is 3.59. The number of amides is 1. The van der Waals surface area contributed by atoms with Crippen molar-refractivity contribution in [2.75, 3.05) is 18.8 Å². The molecule has 0 atom stereocenters. The van der Waals surface area contributed by atoms with Crippen molar-refractivity contribution < 1.29 is 13.2 Å². The van der Waals surface area contributed by atoms with Crippen molar-refractivity contribution in [2.24, 2.45) is 0 Å². The minimum atomic E-state index is -3.49. The molecule has 1 aromatic rings. The van der Waals surface area contributed by atoms with Crippen LogP contribution in [0.25, 0.3) is 0 Å². The Morgan fingerprint density at radius 2 is 1.83 bits per heavy atom. The zero-order valence-corrected chi connectivity index (χ0v) is 16.4. The van der Waals surface area contributed by atoms with Gasteiger partial charge in [-0.25, -0.2) is 13.4 Å². The number of pyridine rings is 1. The summed E-state index contributed by atoms with van der Waals surface area (Å²) in [6, 6.07) is 3.39. The zero-order valence-electron chi connectivity index (χ0n) is 14.8. The molecule has 0 radical (unpaired) electrons. The van der Waals surface area contributed by atoms with Crippen molar-refractivity contribution in [3.05, 3.63) is 18.3 Å². The summed E-state index contributed by atoms with van der Waals surface area (Å²) < 4.78 is 26.1. The molecule has 0 spiro atoms. The van der Waals surface area contributed by atoms with E-state index >= 15 is 0 Å². The van der Waals surface area contributed by atoms with Crippen LogP contribution >= 0.6 is 11.8 Å². The van der Waals surface area contributed by atoms with Crippen LogP contribution in [0.1, 0.15) is 40.5 Å². The van der Waals surface area contributed by atoms with Crippen LogP contribution in [0, 0.1) is 0 Å². The summed E-state index contributed by atoms with van der Waals surface area (Å²) in [5.74, 6) is 0.237. The Hall–Kier alpha value is -1.12. The molecular weight excluding hydrogens is 346 g/mol. The van der Waals surface area contributed by atoms with E-state index in [4.69, 9.17) is 0 Å². The van der Waals surface area contributed by atoms with Gasteiger partial charge in [-0.3, -0.25) is 4.79 Å². The molecule has 8 heteroatoms. The van der Waals surface area contributed by atoms with E-state index in [1.165, 1.54) is 22.3 Å². The molecule has 6 nitrogen and oxygen atoms in total. The number of carbonyl (C=O) groups excluding carboxylic acids is 1. The molecule has 1 aromatic heterocycles. The average molecular weight is 374 g/mol. The van der Waals surface area contributed by atoms with Gasteiger partial charge in [0.15, 0.2) is 0 Å². The van der Waals surface area contributed by atoms with E-state index < -0.39 is 10.0 Å². The molecule has 0 aliphatic heterocycles. The largest absolute Gasteiger partial charge is 0.353 e. The summed E-state index contributed by atoms with van der Waals surface area (Å²) in [4.78, 5) is 16.2. The molecule has 1 heterocycles. The fourth-order valence-electron chi connectivity index (χ4n) is 2.22. The van der Waals surface area contributed by atoms with Crippen LogP contribution in [0.4, 0.5) is 0 Å². The van der Waals surface area contributed by atoms with Gasteiger partial charge in [0.2, 0.25) is 15.9 Å². The number of nitrogens with one attached hydrogen (secondary N) is 1. The molecule has 0 fully saturated rings. The van der Waals surface area contributed by atoms with E-state index in [0.29, 0.717) is 18.1 Å². The molecule has 0 bridgehead atoms. The first-order chi connectivity index (χ1) is 11.4. The van der Waals surface area contributed by atoms with Crippen LogP contribution in [-0.2, 0) is 14.8 Å². The van der Waals surface area contributed by atoms with Gasteiger partial charge in [-0.05, 0) is 25.0 Å². The van der Waals surface area contributed by atoms with Gasteiger partial charge >= 0.3 is 0 Å². The number of aromatic nitrogens is 1. The van der Waals surface area contributed by atoms with Crippen LogP contribution in [0.3, 0.4) is 0 Å². The molecule has 24 heavy (non-hydrogen) atoms. The Bertz CT molecular complexity index is 610. The number of nitrogens with zero attached hydrogens (tertiary/aromatic N) is 2. The van der Waals surface area contributed by atoms with Crippen molar-refractivity contribution in [3.63, 3.8) is 0 Å². The van der Waals surface area contributed by atoms with Crippen LogP contribution in [0.5, 0.6) is 0 Å². The summed E-state index contributed by atoms with van der Waals surface area (Å²) in [6.07, 6.45) is 3.17. The first kappa shape index (κ1) is 20.9. The minimum Gasteiger partial charge on any atom is -0.353 e. The molecule has 0 aliphatic rings. The van der Waals surface area contributed by atoms with Gasteiger partial charge in [0, 0.05) is 25.3 Å². The van der Waals surface area contributed by atoms with E-state index in [0.717, 1.165) is 12.8 Å². The highest BCUT2D eigenvalue weighted by molar-refractivity contribution is 7.99. The van der Waals surface area contributed by atoms with Crippen molar-refractivity contribution in [1.29, 1.82) is 0 Å². The zero-order chi connectivity index (χ0) is 18.2. The van der Waals surface area contributed by atoms with Gasteiger partial charge in [-0.1, -0.05) is 39.5 Å². The van der Waals surface area contributed by atoms with E-state index in [2.05, 4.69) is 10.3 Å². The van der Waals surface area contributed by atoms with Gasteiger partial charge in [0.25, 0.3) is 0 Å². The van der Waals surface area contributed by atoms with E-state index in [-0.39, 0.29) is 22.6 Å². The highest BCUT2D eigenvalue weighted by Gasteiger charge is 2.21. The summed E-state index contributed by atoms with van der Waals surface area (Å²) >= 11 is 1.30. The van der Waals surface area contributed by atoms with Gasteiger partial charge in [0.1, 0.15) is 4.90 Å². The molecule has 0 saturated heterocycles. The lowest BCUT2D eigenvalue weighted by Crippen LogP contribution is -2.35. The minimum absolute atomic E-state index is 0.0321. The van der Waals surface area contributed by atoms with Crippen LogP contribution in [-0.4, -0.2) is 48.5 Å². The topological polar surface area (TPSA) is 79.4 Å². The maximum absolute atomic E-state index is 12.4. The van der Waals surface area contributed by atoms with E-state index in [9.17, 15) is 13.2 Å². The lowest BCUT2D eigenvalue weighted by Gasteiger charge is -2.18. The molecule has 1 amide bonds. The molecule has 0 unspecified atom stereocenters. The van der Waals surface area contributed by atoms with Crippen molar-refractivity contribution in [3.8, 4) is 0 Å². The number of carbonyl (C=O) groups is 1. The third-order valence-electron chi connectivity index (χ3n) is 3.75. The molecule has 1 N–H and O–H groups in total. The second-order valence-electron chi connectivity index (χ2n) is 5.29. The van der Waals surface area contributed by atoms with E-state index in [1.807, 2.05) is 13.8 Å². The van der Waals surface area contributed by atoms with Crippen LogP contribution in [0.15, 0.2) is 28.3 Å². The highest BCUT2D eigenvalue weighted by atomic mass is 32.2. The van der Waals surface area contributed by atoms with Gasteiger partial charge in [-0.2, -0.15) is 4.31 Å². The lowest BCUT2D eigenvalue weighted by molar-refractivity contribution is -0.119. The average Bonchev–Trinajstić information content (AvgIpc) is 2.59. The van der Waals surface area contributed by atoms with Crippen LogP contribution < -0.4 is 5.32 Å². The fourth-order valence-corrected chi connectivity index (χ4v) is 4.28. The fraction of sp³-hybridized carbons (Fsp3) is 0.625. The third-order valence-corrected chi connectivity index (χ3v) is 6.73. The Morgan fingerprint density at radius 1 is 1.21 bits per heavy atom. The smallest absolute Gasteiger partial charge is 0.244 e. The quantitative estimate of drug-likeness (QED) is 0.638. The Morgan fingerprint density at radius 3 is 2.29 bits per heavy atom. The lowest BCUT2D eigenvalue weighted by atomic mass is 10.2. The summed E-state index contributed by atoms with van der Waals surface area (Å²) in [7, 11) is -3.49. The van der Waals surface area contributed by atoms with Crippen LogP contribution in [0.2, 0.25) is 0 Å². The number of sulfonamides is 1. The maximum Gasteiger partial charge on any atom is 0.244 e. The molecule has 0 saturated carbocycles. The SMILES string of the molecule is CCC(CC)NC(=O)CSc1ccc(S(=O)(=O)N(CC)CC)cn1. The standard InChI is InChI=1S/C16H27N3O3S2/c1-5-13(6-2)18-15(20)12-23-16-10-9-14(11-17-16)24(21,22)19(7-3)8-4/h9-11,13H,5-8,12H2,1-4H3,(H,18,20). The molecule has 0 aromatic carbocycles. The molecule has 1 rings (SSSR count). The maximum atomic E-state index is 12.4. The predicted molar refractivity (Wildman–Crippen MR) is 97.6 cm³/mol. The van der Waals surface area contributed by atoms with Gasteiger partial charge < -0.3 is 5.32 Å². The number of rotatable bonds is 10. The third kappa shape index (κ3) is 5.75. The summed E-state index contributed by atoms with van der Waals surface area (Å²) in [6.45, 7) is 8.53. The Kier molecular flexibility index (Phi) is 8.72. The first-order valence-corrected chi connectivity index (χ1v) is 10.7. The number of hydrogen-bond donors (Lipinski definition) is 1. The Labute approximate surface area is 149 Å². The molecular formula is C16H27N3O3S2. The van der Waals surface area contributed by atoms with Crippen molar-refractivity contribution in [1.82, 2.24) is 14.6 Å². The highest BCUT2D eigenvalue weighted by Crippen LogP contribution is 2.19. The van der Waals surface area contributed by atoms with Gasteiger partial charge in [-0.15, -0.1) is 0 Å². The predicted octanol–water partition coefficient (Wildman–Crippen LogP) is 2.51.